The average molecular weight is 347 g/mol. The standard InChI is InChI=1S/C18H25N3O4/c1-4-7-8-14(16(23)18(25)19-9-5-2)20-17(24)15-10-13(6-3)11-21(15)12-22/h1,5,12-15H,2,6-11H2,3H3,(H,19,25)(H,20,24)/t13-,14?,15?/m1/s1. The number of amides is 3. The molecule has 0 aromatic carbocycles. The van der Waals surface area contributed by atoms with Crippen molar-refractivity contribution in [1.82, 2.24) is 15.5 Å². The van der Waals surface area contributed by atoms with Crippen molar-refractivity contribution in [2.75, 3.05) is 13.1 Å². The van der Waals surface area contributed by atoms with Gasteiger partial charge in [0.1, 0.15) is 6.04 Å². The molecule has 3 atom stereocenters. The van der Waals surface area contributed by atoms with Gasteiger partial charge < -0.3 is 15.5 Å². The summed E-state index contributed by atoms with van der Waals surface area (Å²) >= 11 is 0. The van der Waals surface area contributed by atoms with Crippen molar-refractivity contribution in [2.24, 2.45) is 5.92 Å². The third-order valence-corrected chi connectivity index (χ3v) is 4.28. The lowest BCUT2D eigenvalue weighted by atomic mass is 10.0. The lowest BCUT2D eigenvalue weighted by Crippen LogP contribution is -2.52. The molecular formula is C18H25N3O4. The Labute approximate surface area is 148 Å². The Morgan fingerprint density at radius 1 is 1.44 bits per heavy atom. The Bertz CT molecular complexity index is 567. The Kier molecular flexibility index (Phi) is 8.40. The van der Waals surface area contributed by atoms with Gasteiger partial charge in [0.15, 0.2) is 0 Å². The van der Waals surface area contributed by atoms with Crippen LogP contribution in [0.5, 0.6) is 0 Å². The number of nitrogens with zero attached hydrogens (tertiary/aromatic N) is 1. The molecule has 1 aliphatic rings. The summed E-state index contributed by atoms with van der Waals surface area (Å²) in [4.78, 5) is 49.3. The predicted molar refractivity (Wildman–Crippen MR) is 93.2 cm³/mol. The van der Waals surface area contributed by atoms with Gasteiger partial charge in [0, 0.05) is 19.5 Å². The van der Waals surface area contributed by atoms with Crippen LogP contribution in [0, 0.1) is 18.3 Å². The first-order valence-corrected chi connectivity index (χ1v) is 8.36. The van der Waals surface area contributed by atoms with Gasteiger partial charge in [-0.25, -0.2) is 0 Å². The van der Waals surface area contributed by atoms with Crippen molar-refractivity contribution in [3.63, 3.8) is 0 Å². The molecule has 0 bridgehead atoms. The molecule has 25 heavy (non-hydrogen) atoms. The molecule has 0 aromatic heterocycles. The van der Waals surface area contributed by atoms with Gasteiger partial charge in [-0.1, -0.05) is 19.4 Å². The smallest absolute Gasteiger partial charge is 0.289 e. The van der Waals surface area contributed by atoms with Crippen LogP contribution in [-0.4, -0.2) is 54.1 Å². The minimum absolute atomic E-state index is 0.153. The number of hydrogen-bond donors (Lipinski definition) is 2. The van der Waals surface area contributed by atoms with Crippen LogP contribution in [0.4, 0.5) is 0 Å². The maximum Gasteiger partial charge on any atom is 0.289 e. The zero-order chi connectivity index (χ0) is 18.8. The quantitative estimate of drug-likeness (QED) is 0.252. The van der Waals surface area contributed by atoms with Crippen LogP contribution < -0.4 is 10.6 Å². The second-order valence-electron chi connectivity index (χ2n) is 5.99. The van der Waals surface area contributed by atoms with E-state index >= 15 is 0 Å². The third kappa shape index (κ3) is 5.75. The summed E-state index contributed by atoms with van der Waals surface area (Å²) in [5, 5.41) is 4.98. The molecule has 0 saturated carbocycles. The number of nitrogens with one attached hydrogen (secondary N) is 2. The summed E-state index contributed by atoms with van der Waals surface area (Å²) in [6.45, 7) is 6.12. The summed E-state index contributed by atoms with van der Waals surface area (Å²) in [5.41, 5.74) is 0. The molecule has 2 unspecified atom stereocenters. The van der Waals surface area contributed by atoms with E-state index in [1.807, 2.05) is 6.92 Å². The van der Waals surface area contributed by atoms with Crippen molar-refractivity contribution in [2.45, 2.75) is 44.7 Å². The molecule has 136 valence electrons. The van der Waals surface area contributed by atoms with E-state index in [1.165, 1.54) is 11.0 Å². The average Bonchev–Trinajstić information content (AvgIpc) is 3.05. The highest BCUT2D eigenvalue weighted by Crippen LogP contribution is 2.24. The maximum atomic E-state index is 12.5. The molecule has 7 heteroatoms. The lowest BCUT2D eigenvalue weighted by molar-refractivity contribution is -0.140. The first kappa shape index (κ1) is 20.4. The van der Waals surface area contributed by atoms with Crippen molar-refractivity contribution >= 4 is 24.0 Å². The molecule has 3 amide bonds. The largest absolute Gasteiger partial charge is 0.346 e. The highest BCUT2D eigenvalue weighted by molar-refractivity contribution is 6.38. The van der Waals surface area contributed by atoms with Crippen molar-refractivity contribution < 1.29 is 19.2 Å². The van der Waals surface area contributed by atoms with Crippen LogP contribution >= 0.6 is 0 Å². The third-order valence-electron chi connectivity index (χ3n) is 4.28. The van der Waals surface area contributed by atoms with Crippen LogP contribution in [0.2, 0.25) is 0 Å². The van der Waals surface area contributed by atoms with Gasteiger partial charge in [-0.05, 0) is 18.8 Å². The summed E-state index contributed by atoms with van der Waals surface area (Å²) in [6.07, 6.45) is 9.12. The monoisotopic (exact) mass is 347 g/mol. The summed E-state index contributed by atoms with van der Waals surface area (Å²) in [6, 6.07) is -1.64. The topological polar surface area (TPSA) is 95.6 Å². The Balaban J connectivity index is 2.79. The second kappa shape index (κ2) is 10.3. The fourth-order valence-electron chi connectivity index (χ4n) is 2.80. The number of hydrogen-bond acceptors (Lipinski definition) is 4. The summed E-state index contributed by atoms with van der Waals surface area (Å²) in [7, 11) is 0. The fourth-order valence-corrected chi connectivity index (χ4v) is 2.80. The number of rotatable bonds is 10. The first-order chi connectivity index (χ1) is 12.0. The minimum atomic E-state index is -1.01. The Hall–Kier alpha value is -2.62. The zero-order valence-electron chi connectivity index (χ0n) is 14.5. The SMILES string of the molecule is C#CCCC(NC(=O)C1C[C@@H](CC)CN1C=O)C(=O)C(=O)NCC=C. The van der Waals surface area contributed by atoms with E-state index in [1.54, 1.807) is 0 Å². The number of terminal acetylenes is 1. The highest BCUT2D eigenvalue weighted by Gasteiger charge is 2.37. The van der Waals surface area contributed by atoms with E-state index in [4.69, 9.17) is 6.42 Å². The molecule has 7 nitrogen and oxygen atoms in total. The normalized spacial score (nSPS) is 20.2. The van der Waals surface area contributed by atoms with Gasteiger partial charge in [-0.3, -0.25) is 19.2 Å². The number of Topliss-reactive ketones (excluding diaryl/α,β-unsaturated/α-hetero) is 1. The van der Waals surface area contributed by atoms with Gasteiger partial charge >= 0.3 is 0 Å². The molecule has 1 fully saturated rings. The Morgan fingerprint density at radius 2 is 2.16 bits per heavy atom. The van der Waals surface area contributed by atoms with Crippen LogP contribution in [0.15, 0.2) is 12.7 Å². The van der Waals surface area contributed by atoms with Crippen molar-refractivity contribution in [3.8, 4) is 12.3 Å². The molecule has 1 heterocycles. The van der Waals surface area contributed by atoms with E-state index in [0.717, 1.165) is 6.42 Å². The molecule has 0 aliphatic carbocycles. The van der Waals surface area contributed by atoms with Crippen LogP contribution in [0.1, 0.15) is 32.6 Å². The van der Waals surface area contributed by atoms with Crippen molar-refractivity contribution in [1.29, 1.82) is 0 Å². The molecule has 0 radical (unpaired) electrons. The van der Waals surface area contributed by atoms with Crippen molar-refractivity contribution in [3.05, 3.63) is 12.7 Å². The zero-order valence-corrected chi connectivity index (χ0v) is 14.5. The highest BCUT2D eigenvalue weighted by atomic mass is 16.2. The van der Waals surface area contributed by atoms with E-state index < -0.39 is 29.7 Å². The predicted octanol–water partition coefficient (Wildman–Crippen LogP) is 0.0128. The maximum absolute atomic E-state index is 12.5. The first-order valence-electron chi connectivity index (χ1n) is 8.36. The molecule has 2 N–H and O–H groups in total. The number of carbonyl (C=O) groups is 4. The van der Waals surface area contributed by atoms with E-state index in [2.05, 4.69) is 23.1 Å². The molecule has 0 spiro atoms. The molecule has 1 rings (SSSR count). The van der Waals surface area contributed by atoms with Crippen LogP contribution in [0.25, 0.3) is 0 Å². The van der Waals surface area contributed by atoms with Gasteiger partial charge in [0.25, 0.3) is 5.91 Å². The van der Waals surface area contributed by atoms with Gasteiger partial charge in [-0.15, -0.1) is 18.9 Å². The number of ketones is 1. The number of carbonyl (C=O) groups excluding carboxylic acids is 4. The molecule has 1 saturated heterocycles. The molecule has 0 aromatic rings. The number of likely N-dealkylation sites (tertiary alicyclic amines) is 1. The fraction of sp³-hybridized carbons (Fsp3) is 0.556. The van der Waals surface area contributed by atoms with Gasteiger partial charge in [0.2, 0.25) is 18.1 Å². The van der Waals surface area contributed by atoms with Gasteiger partial charge in [0.05, 0.1) is 6.04 Å². The lowest BCUT2D eigenvalue weighted by Gasteiger charge is -2.22. The van der Waals surface area contributed by atoms with E-state index in [-0.39, 0.29) is 25.3 Å². The van der Waals surface area contributed by atoms with Crippen LogP contribution in [-0.2, 0) is 19.2 Å². The minimum Gasteiger partial charge on any atom is -0.346 e. The summed E-state index contributed by atoms with van der Waals surface area (Å²) in [5.74, 6) is 0.653. The van der Waals surface area contributed by atoms with Crippen LogP contribution in [0.3, 0.4) is 0 Å². The Morgan fingerprint density at radius 3 is 2.72 bits per heavy atom. The molecule has 1 aliphatic heterocycles. The summed E-state index contributed by atoms with van der Waals surface area (Å²) < 4.78 is 0. The molecular weight excluding hydrogens is 322 g/mol. The van der Waals surface area contributed by atoms with Gasteiger partial charge in [-0.2, -0.15) is 0 Å². The van der Waals surface area contributed by atoms with E-state index in [0.29, 0.717) is 19.4 Å². The van der Waals surface area contributed by atoms with E-state index in [9.17, 15) is 19.2 Å². The second-order valence-corrected chi connectivity index (χ2v) is 5.99.